The molecule has 0 atom stereocenters. The minimum Gasteiger partial charge on any atom is -0.465 e. The lowest BCUT2D eigenvalue weighted by molar-refractivity contribution is 0.0600. The number of ether oxygens (including phenoxy) is 1. The van der Waals surface area contributed by atoms with E-state index in [-0.39, 0.29) is 5.82 Å². The quantitative estimate of drug-likeness (QED) is 0.654. The average Bonchev–Trinajstić information content (AvgIpc) is 3.24. The number of para-hydroxylation sites is 1. The fourth-order valence-electron chi connectivity index (χ4n) is 2.89. The topological polar surface area (TPSA) is 86.1 Å². The summed E-state index contributed by atoms with van der Waals surface area (Å²) in [6.45, 7) is 7.79. The molecule has 0 aliphatic rings. The molecular formula is C20H22N4O3S. The maximum Gasteiger partial charge on any atom is 0.339 e. The number of amides is 1. The molecule has 3 rings (SSSR count). The smallest absolute Gasteiger partial charge is 0.339 e. The summed E-state index contributed by atoms with van der Waals surface area (Å²) in [6, 6.07) is 7.93. The molecule has 0 saturated heterocycles. The normalized spacial score (nSPS) is 10.9. The molecule has 0 unspecified atom stereocenters. The lowest BCUT2D eigenvalue weighted by Crippen LogP contribution is -2.14. The van der Waals surface area contributed by atoms with Crippen molar-refractivity contribution >= 4 is 28.2 Å². The van der Waals surface area contributed by atoms with Gasteiger partial charge in [-0.25, -0.2) is 14.5 Å². The van der Waals surface area contributed by atoms with E-state index < -0.39 is 11.9 Å². The van der Waals surface area contributed by atoms with Crippen molar-refractivity contribution in [3.05, 3.63) is 58.0 Å². The predicted octanol–water partition coefficient (Wildman–Crippen LogP) is 4.11. The second-order valence-corrected chi connectivity index (χ2v) is 7.54. The molecule has 0 fully saturated rings. The number of nitrogens with zero attached hydrogens (tertiary/aromatic N) is 3. The van der Waals surface area contributed by atoms with Crippen LogP contribution in [0, 0.1) is 13.8 Å². The average molecular weight is 398 g/mol. The molecule has 0 bridgehead atoms. The predicted molar refractivity (Wildman–Crippen MR) is 109 cm³/mol. The van der Waals surface area contributed by atoms with E-state index in [0.717, 1.165) is 11.3 Å². The van der Waals surface area contributed by atoms with E-state index in [9.17, 15) is 9.59 Å². The van der Waals surface area contributed by atoms with Crippen LogP contribution in [0.15, 0.2) is 29.6 Å². The summed E-state index contributed by atoms with van der Waals surface area (Å²) in [4.78, 5) is 28.7. The van der Waals surface area contributed by atoms with Crippen LogP contribution < -0.4 is 5.32 Å². The first-order valence-corrected chi connectivity index (χ1v) is 9.72. The molecule has 28 heavy (non-hydrogen) atoms. The number of carbonyl (C=O) groups excluding carboxylic acids is 2. The summed E-state index contributed by atoms with van der Waals surface area (Å²) in [7, 11) is 1.33. The summed E-state index contributed by atoms with van der Waals surface area (Å²) in [5.41, 5.74) is 3.12. The van der Waals surface area contributed by atoms with Crippen molar-refractivity contribution in [3.63, 3.8) is 0 Å². The minimum absolute atomic E-state index is 0.0727. The minimum atomic E-state index is -0.433. The van der Waals surface area contributed by atoms with E-state index in [1.54, 1.807) is 17.0 Å². The second-order valence-electron chi connectivity index (χ2n) is 6.66. The van der Waals surface area contributed by atoms with Crippen molar-refractivity contribution in [2.45, 2.75) is 33.6 Å². The highest BCUT2D eigenvalue weighted by Gasteiger charge is 2.21. The SMILES string of the molecule is COC(=O)c1csc(NC(=O)c2nc(C)n(-c3ccccc3C(C)C)n2)c1C. The highest BCUT2D eigenvalue weighted by atomic mass is 32.1. The summed E-state index contributed by atoms with van der Waals surface area (Å²) >= 11 is 1.26. The Hall–Kier alpha value is -3.00. The van der Waals surface area contributed by atoms with Crippen LogP contribution in [-0.4, -0.2) is 33.8 Å². The molecule has 0 radical (unpaired) electrons. The van der Waals surface area contributed by atoms with Crippen LogP contribution in [0.1, 0.15) is 57.7 Å². The van der Waals surface area contributed by atoms with Gasteiger partial charge >= 0.3 is 5.97 Å². The number of methoxy groups -OCH3 is 1. The third-order valence-electron chi connectivity index (χ3n) is 4.43. The highest BCUT2D eigenvalue weighted by molar-refractivity contribution is 7.14. The number of hydrogen-bond acceptors (Lipinski definition) is 6. The van der Waals surface area contributed by atoms with Crippen molar-refractivity contribution < 1.29 is 14.3 Å². The van der Waals surface area contributed by atoms with E-state index in [4.69, 9.17) is 4.74 Å². The molecule has 2 heterocycles. The Bertz CT molecular complexity index is 1040. The molecular weight excluding hydrogens is 376 g/mol. The first kappa shape index (κ1) is 19.8. The standard InChI is InChI=1S/C20H22N4O3S/c1-11(2)14-8-6-7-9-16(14)24-13(4)21-17(23-24)18(25)22-19-12(3)15(10-28-19)20(26)27-5/h6-11H,1-5H3,(H,22,25). The van der Waals surface area contributed by atoms with E-state index in [2.05, 4.69) is 29.2 Å². The molecule has 1 N–H and O–H groups in total. The molecule has 0 aliphatic heterocycles. The molecule has 2 aromatic heterocycles. The Balaban J connectivity index is 1.89. The number of esters is 1. The van der Waals surface area contributed by atoms with Crippen molar-refractivity contribution in [1.82, 2.24) is 14.8 Å². The van der Waals surface area contributed by atoms with Crippen LogP contribution >= 0.6 is 11.3 Å². The van der Waals surface area contributed by atoms with Crippen molar-refractivity contribution in [2.24, 2.45) is 0 Å². The number of hydrogen-bond donors (Lipinski definition) is 1. The summed E-state index contributed by atoms with van der Waals surface area (Å²) in [5, 5.41) is 9.43. The number of aryl methyl sites for hydroxylation is 1. The van der Waals surface area contributed by atoms with Crippen molar-refractivity contribution in [1.29, 1.82) is 0 Å². The second kappa shape index (κ2) is 7.93. The van der Waals surface area contributed by atoms with Gasteiger partial charge in [-0.2, -0.15) is 0 Å². The first-order valence-electron chi connectivity index (χ1n) is 8.84. The van der Waals surface area contributed by atoms with Gasteiger partial charge in [0.2, 0.25) is 5.82 Å². The highest BCUT2D eigenvalue weighted by Crippen LogP contribution is 2.28. The van der Waals surface area contributed by atoms with Gasteiger partial charge in [0.05, 0.1) is 23.4 Å². The monoisotopic (exact) mass is 398 g/mol. The van der Waals surface area contributed by atoms with Crippen LogP contribution in [-0.2, 0) is 4.74 Å². The number of benzene rings is 1. The van der Waals surface area contributed by atoms with E-state index >= 15 is 0 Å². The Labute approximate surface area is 167 Å². The lowest BCUT2D eigenvalue weighted by atomic mass is 10.0. The number of nitrogens with one attached hydrogen (secondary N) is 1. The fraction of sp³-hybridized carbons (Fsp3) is 0.300. The van der Waals surface area contributed by atoms with Gasteiger partial charge < -0.3 is 10.1 Å². The largest absolute Gasteiger partial charge is 0.465 e. The van der Waals surface area contributed by atoms with Gasteiger partial charge in [-0.05, 0) is 37.0 Å². The molecule has 146 valence electrons. The van der Waals surface area contributed by atoms with Gasteiger partial charge in [0.1, 0.15) is 5.82 Å². The zero-order chi connectivity index (χ0) is 20.4. The van der Waals surface area contributed by atoms with Crippen LogP contribution in [0.5, 0.6) is 0 Å². The summed E-state index contributed by atoms with van der Waals surface area (Å²) in [6.07, 6.45) is 0. The Morgan fingerprint density at radius 1 is 1.21 bits per heavy atom. The van der Waals surface area contributed by atoms with E-state index in [1.807, 2.05) is 31.2 Å². The molecule has 0 aliphatic carbocycles. The summed E-state index contributed by atoms with van der Waals surface area (Å²) < 4.78 is 6.43. The third-order valence-corrected chi connectivity index (χ3v) is 5.43. The molecule has 0 spiro atoms. The molecule has 7 nitrogen and oxygen atoms in total. The van der Waals surface area contributed by atoms with E-state index in [1.165, 1.54) is 18.4 Å². The molecule has 0 saturated carbocycles. The number of rotatable bonds is 5. The van der Waals surface area contributed by atoms with Crippen molar-refractivity contribution in [3.8, 4) is 5.69 Å². The number of aromatic nitrogens is 3. The molecule has 1 aromatic carbocycles. The van der Waals surface area contributed by atoms with Crippen LogP contribution in [0.4, 0.5) is 5.00 Å². The van der Waals surface area contributed by atoms with Gasteiger partial charge in [0, 0.05) is 5.38 Å². The molecule has 3 aromatic rings. The molecule has 1 amide bonds. The maximum absolute atomic E-state index is 12.7. The zero-order valence-corrected chi connectivity index (χ0v) is 17.3. The van der Waals surface area contributed by atoms with Crippen LogP contribution in [0.2, 0.25) is 0 Å². The lowest BCUT2D eigenvalue weighted by Gasteiger charge is -2.12. The molecule has 8 heteroatoms. The fourth-order valence-corrected chi connectivity index (χ4v) is 3.84. The van der Waals surface area contributed by atoms with Crippen LogP contribution in [0.3, 0.4) is 0 Å². The zero-order valence-electron chi connectivity index (χ0n) is 16.4. The Kier molecular flexibility index (Phi) is 5.60. The Morgan fingerprint density at radius 3 is 2.61 bits per heavy atom. The van der Waals surface area contributed by atoms with Gasteiger partial charge in [-0.1, -0.05) is 32.0 Å². The van der Waals surface area contributed by atoms with Gasteiger partial charge in [-0.15, -0.1) is 16.4 Å². The van der Waals surface area contributed by atoms with Crippen LogP contribution in [0.25, 0.3) is 5.69 Å². The first-order chi connectivity index (χ1) is 13.3. The number of carbonyl (C=O) groups is 2. The number of thiophene rings is 1. The maximum atomic E-state index is 12.7. The third kappa shape index (κ3) is 3.68. The van der Waals surface area contributed by atoms with Gasteiger partial charge in [0.25, 0.3) is 5.91 Å². The summed E-state index contributed by atoms with van der Waals surface area (Å²) in [5.74, 6) is 0.144. The van der Waals surface area contributed by atoms with E-state index in [0.29, 0.717) is 27.9 Å². The number of anilines is 1. The Morgan fingerprint density at radius 2 is 1.93 bits per heavy atom. The van der Waals surface area contributed by atoms with Gasteiger partial charge in [-0.3, -0.25) is 4.79 Å². The van der Waals surface area contributed by atoms with Gasteiger partial charge in [0.15, 0.2) is 0 Å². The van der Waals surface area contributed by atoms with Crippen molar-refractivity contribution in [2.75, 3.05) is 12.4 Å².